The van der Waals surface area contributed by atoms with Crippen LogP contribution in [0.15, 0.2) is 24.3 Å². The number of ether oxygens (including phenoxy) is 1. The zero-order valence-corrected chi connectivity index (χ0v) is 15.6. The minimum absolute atomic E-state index is 0.232. The van der Waals surface area contributed by atoms with Crippen LogP contribution >= 0.6 is 0 Å². The second-order valence-electron chi connectivity index (χ2n) is 7.04. The quantitative estimate of drug-likeness (QED) is 0.740. The van der Waals surface area contributed by atoms with Crippen molar-refractivity contribution in [1.82, 2.24) is 4.90 Å². The van der Waals surface area contributed by atoms with Crippen LogP contribution in [0.3, 0.4) is 0 Å². The Labute approximate surface area is 142 Å². The third-order valence-corrected chi connectivity index (χ3v) is 5.08. The van der Waals surface area contributed by atoms with Crippen LogP contribution in [-0.2, 0) is 0 Å². The van der Waals surface area contributed by atoms with Crippen LogP contribution in [0, 0.1) is 5.92 Å². The van der Waals surface area contributed by atoms with Crippen molar-refractivity contribution >= 4 is 5.69 Å². The molecule has 2 rings (SSSR count). The summed E-state index contributed by atoms with van der Waals surface area (Å²) in [5.74, 6) is 1.75. The van der Waals surface area contributed by atoms with Crippen molar-refractivity contribution in [3.8, 4) is 5.75 Å². The maximum Gasteiger partial charge on any atom is 0.119 e. The van der Waals surface area contributed by atoms with E-state index in [9.17, 15) is 0 Å². The second kappa shape index (κ2) is 8.58. The highest BCUT2D eigenvalue weighted by atomic mass is 16.5. The third-order valence-electron chi connectivity index (χ3n) is 5.08. The summed E-state index contributed by atoms with van der Waals surface area (Å²) in [5, 5.41) is 0. The Kier molecular flexibility index (Phi) is 6.76. The molecule has 0 amide bonds. The molecule has 1 unspecified atom stereocenters. The monoisotopic (exact) mass is 318 g/mol. The Bertz CT molecular complexity index is 449. The van der Waals surface area contributed by atoms with E-state index in [4.69, 9.17) is 4.74 Å². The van der Waals surface area contributed by atoms with Gasteiger partial charge in [0, 0.05) is 37.9 Å². The molecule has 0 bridgehead atoms. The largest absolute Gasteiger partial charge is 0.491 e. The molecule has 1 aromatic rings. The van der Waals surface area contributed by atoms with Crippen LogP contribution < -0.4 is 9.64 Å². The van der Waals surface area contributed by atoms with E-state index in [1.54, 1.807) is 0 Å². The Morgan fingerprint density at radius 1 is 0.913 bits per heavy atom. The fourth-order valence-electron chi connectivity index (χ4n) is 3.61. The van der Waals surface area contributed by atoms with Gasteiger partial charge in [-0.15, -0.1) is 0 Å². The number of piperazine rings is 1. The zero-order valence-electron chi connectivity index (χ0n) is 15.6. The third kappa shape index (κ3) is 4.87. The van der Waals surface area contributed by atoms with Gasteiger partial charge in [0.1, 0.15) is 5.75 Å². The van der Waals surface area contributed by atoms with Crippen molar-refractivity contribution < 1.29 is 4.74 Å². The van der Waals surface area contributed by atoms with Gasteiger partial charge in [0.2, 0.25) is 0 Å². The molecule has 0 spiro atoms. The summed E-state index contributed by atoms with van der Waals surface area (Å²) in [6.45, 7) is 15.8. The highest BCUT2D eigenvalue weighted by molar-refractivity contribution is 5.49. The average Bonchev–Trinajstić information content (AvgIpc) is 2.56. The van der Waals surface area contributed by atoms with Gasteiger partial charge in [-0.2, -0.15) is 0 Å². The van der Waals surface area contributed by atoms with Crippen LogP contribution in [0.25, 0.3) is 0 Å². The summed E-state index contributed by atoms with van der Waals surface area (Å²) in [6.07, 6.45) is 2.77. The Morgan fingerprint density at radius 2 is 1.52 bits per heavy atom. The van der Waals surface area contributed by atoms with Crippen LogP contribution in [0.5, 0.6) is 5.75 Å². The second-order valence-corrected chi connectivity index (χ2v) is 7.04. The van der Waals surface area contributed by atoms with Gasteiger partial charge in [-0.05, 0) is 50.5 Å². The van der Waals surface area contributed by atoms with Crippen molar-refractivity contribution in [3.05, 3.63) is 24.3 Å². The van der Waals surface area contributed by atoms with Gasteiger partial charge >= 0.3 is 0 Å². The highest BCUT2D eigenvalue weighted by Gasteiger charge is 2.25. The van der Waals surface area contributed by atoms with E-state index in [0.29, 0.717) is 0 Å². The summed E-state index contributed by atoms with van der Waals surface area (Å²) in [6, 6.07) is 9.31. The van der Waals surface area contributed by atoms with E-state index < -0.39 is 0 Å². The molecule has 1 heterocycles. The Morgan fingerprint density at radius 3 is 2.00 bits per heavy atom. The molecule has 23 heavy (non-hydrogen) atoms. The SMILES string of the molecule is CCC(C)[C@H](CC)N1CCN(c2ccc(OC(C)C)cc2)CC1. The smallest absolute Gasteiger partial charge is 0.119 e. The lowest BCUT2D eigenvalue weighted by molar-refractivity contribution is 0.133. The summed E-state index contributed by atoms with van der Waals surface area (Å²) in [5.41, 5.74) is 1.32. The maximum absolute atomic E-state index is 5.73. The van der Waals surface area contributed by atoms with Crippen LogP contribution in [-0.4, -0.2) is 43.2 Å². The summed E-state index contributed by atoms with van der Waals surface area (Å²) in [7, 11) is 0. The first-order valence-corrected chi connectivity index (χ1v) is 9.30. The molecule has 2 atom stereocenters. The lowest BCUT2D eigenvalue weighted by atomic mass is 9.95. The molecule has 3 heteroatoms. The molecular weight excluding hydrogens is 284 g/mol. The normalized spacial score (nSPS) is 19.0. The number of hydrogen-bond donors (Lipinski definition) is 0. The highest BCUT2D eigenvalue weighted by Crippen LogP contribution is 2.24. The zero-order chi connectivity index (χ0) is 16.8. The molecule has 1 aromatic carbocycles. The lowest BCUT2D eigenvalue weighted by Crippen LogP contribution is -2.52. The predicted octanol–water partition coefficient (Wildman–Crippen LogP) is 4.42. The molecule has 0 aliphatic carbocycles. The number of nitrogens with zero attached hydrogens (tertiary/aromatic N) is 2. The molecule has 0 N–H and O–H groups in total. The van der Waals surface area contributed by atoms with Gasteiger partial charge in [0.05, 0.1) is 6.10 Å². The van der Waals surface area contributed by atoms with Gasteiger partial charge < -0.3 is 9.64 Å². The fourth-order valence-corrected chi connectivity index (χ4v) is 3.61. The van der Waals surface area contributed by atoms with Crippen molar-refractivity contribution in [1.29, 1.82) is 0 Å². The number of rotatable bonds is 7. The standard InChI is InChI=1S/C20H34N2O/c1-6-17(5)20(7-2)22-14-12-21(13-15-22)18-8-10-19(11-9-18)23-16(3)4/h8-11,16-17,20H,6-7,12-15H2,1-5H3/t17?,20-/m0/s1. The van der Waals surface area contributed by atoms with Gasteiger partial charge in [-0.25, -0.2) is 0 Å². The molecular formula is C20H34N2O. The first-order valence-electron chi connectivity index (χ1n) is 9.30. The average molecular weight is 319 g/mol. The molecule has 0 aromatic heterocycles. The minimum Gasteiger partial charge on any atom is -0.491 e. The van der Waals surface area contributed by atoms with Crippen LogP contribution in [0.1, 0.15) is 47.5 Å². The number of hydrogen-bond acceptors (Lipinski definition) is 3. The summed E-state index contributed by atoms with van der Waals surface area (Å²) >= 11 is 0. The minimum atomic E-state index is 0.232. The molecule has 1 saturated heterocycles. The van der Waals surface area contributed by atoms with Crippen molar-refractivity contribution in [3.63, 3.8) is 0 Å². The topological polar surface area (TPSA) is 15.7 Å². The maximum atomic E-state index is 5.73. The van der Waals surface area contributed by atoms with Gasteiger partial charge in [-0.3, -0.25) is 4.90 Å². The van der Waals surface area contributed by atoms with Crippen LogP contribution in [0.2, 0.25) is 0 Å². The van der Waals surface area contributed by atoms with Crippen molar-refractivity contribution in [2.75, 3.05) is 31.1 Å². The molecule has 0 saturated carbocycles. The van der Waals surface area contributed by atoms with Gasteiger partial charge in [-0.1, -0.05) is 27.2 Å². The number of anilines is 1. The van der Waals surface area contributed by atoms with Gasteiger partial charge in [0.25, 0.3) is 0 Å². The molecule has 1 fully saturated rings. The molecule has 1 aliphatic rings. The van der Waals surface area contributed by atoms with E-state index in [1.807, 2.05) is 0 Å². The Hall–Kier alpha value is -1.22. The molecule has 0 radical (unpaired) electrons. The van der Waals surface area contributed by atoms with E-state index in [-0.39, 0.29) is 6.10 Å². The number of benzene rings is 1. The fraction of sp³-hybridized carbons (Fsp3) is 0.700. The summed E-state index contributed by atoms with van der Waals surface area (Å²) < 4.78 is 5.73. The molecule has 3 nitrogen and oxygen atoms in total. The van der Waals surface area contributed by atoms with Crippen molar-refractivity contribution in [2.24, 2.45) is 5.92 Å². The van der Waals surface area contributed by atoms with E-state index >= 15 is 0 Å². The first-order chi connectivity index (χ1) is 11.0. The van der Waals surface area contributed by atoms with Gasteiger partial charge in [0.15, 0.2) is 0 Å². The van der Waals surface area contributed by atoms with E-state index in [0.717, 1.165) is 30.8 Å². The molecule has 1 aliphatic heterocycles. The van der Waals surface area contributed by atoms with E-state index in [2.05, 4.69) is 68.7 Å². The first kappa shape index (κ1) is 18.1. The van der Waals surface area contributed by atoms with Crippen LogP contribution in [0.4, 0.5) is 5.69 Å². The predicted molar refractivity (Wildman–Crippen MR) is 99.5 cm³/mol. The lowest BCUT2D eigenvalue weighted by Gasteiger charge is -2.42. The van der Waals surface area contributed by atoms with E-state index in [1.165, 1.54) is 31.6 Å². The summed E-state index contributed by atoms with van der Waals surface area (Å²) in [4.78, 5) is 5.19. The van der Waals surface area contributed by atoms with Crippen molar-refractivity contribution in [2.45, 2.75) is 59.6 Å². The Balaban J connectivity index is 1.91. The molecule has 130 valence electrons.